The van der Waals surface area contributed by atoms with E-state index in [2.05, 4.69) is 28.3 Å². The fraction of sp³-hybridized carbons (Fsp3) is 0.267. The Labute approximate surface area is 234 Å². The van der Waals surface area contributed by atoms with Crippen LogP contribution in [0, 0.1) is 13.8 Å². The van der Waals surface area contributed by atoms with Crippen molar-refractivity contribution in [3.8, 4) is 5.88 Å². The lowest BCUT2D eigenvalue weighted by Crippen LogP contribution is -2.29. The van der Waals surface area contributed by atoms with E-state index in [4.69, 9.17) is 21.3 Å². The summed E-state index contributed by atoms with van der Waals surface area (Å²) in [7, 11) is 3.34. The van der Waals surface area contributed by atoms with E-state index < -0.39 is 17.2 Å². The number of ether oxygens (including phenoxy) is 1. The lowest BCUT2D eigenvalue weighted by molar-refractivity contribution is -0.137. The zero-order chi connectivity index (χ0) is 28.8. The highest BCUT2D eigenvalue weighted by Crippen LogP contribution is 2.42. The van der Waals surface area contributed by atoms with Gasteiger partial charge >= 0.3 is 6.18 Å². The molecule has 0 radical (unpaired) electrons. The first-order valence-electron chi connectivity index (χ1n) is 12.6. The van der Waals surface area contributed by atoms with Crippen molar-refractivity contribution in [3.63, 3.8) is 0 Å². The third-order valence-corrected chi connectivity index (χ3v) is 7.83. The second-order valence-electron chi connectivity index (χ2n) is 9.97. The average Bonchev–Trinajstić information content (AvgIpc) is 3.35. The summed E-state index contributed by atoms with van der Waals surface area (Å²) in [6, 6.07) is 14.9. The van der Waals surface area contributed by atoms with Crippen LogP contribution in [0.5, 0.6) is 5.88 Å². The molecule has 5 rings (SSSR count). The molecule has 206 valence electrons. The van der Waals surface area contributed by atoms with Crippen molar-refractivity contribution in [2.24, 2.45) is 7.05 Å². The third-order valence-electron chi connectivity index (χ3n) is 7.40. The molecule has 0 aliphatic heterocycles. The maximum absolute atomic E-state index is 13.1. The van der Waals surface area contributed by atoms with Crippen LogP contribution in [0.1, 0.15) is 51.8 Å². The SMILES string of the molecule is COc1nc2ccc(C(C)(c3ccc(C)nc3C)c3cnnn3C)cc2c(Cl)c1Cc1ccc(C(F)(F)F)cc1. The molecule has 0 saturated carbocycles. The zero-order valence-corrected chi connectivity index (χ0v) is 23.4. The molecule has 1 unspecified atom stereocenters. The molecule has 40 heavy (non-hydrogen) atoms. The quantitative estimate of drug-likeness (QED) is 0.222. The molecular formula is C30H27ClF3N5O. The van der Waals surface area contributed by atoms with Gasteiger partial charge in [0.15, 0.2) is 0 Å². The highest BCUT2D eigenvalue weighted by Gasteiger charge is 2.37. The molecule has 6 nitrogen and oxygen atoms in total. The monoisotopic (exact) mass is 565 g/mol. The van der Waals surface area contributed by atoms with Crippen LogP contribution >= 0.6 is 11.6 Å². The van der Waals surface area contributed by atoms with Gasteiger partial charge < -0.3 is 4.74 Å². The molecule has 0 aliphatic carbocycles. The maximum atomic E-state index is 13.1. The standard InChI is InChI=1S/C30H27ClF3N5O/c1-17-6-12-24(18(2)36-17)29(3,26-16-35-38-39(26)4)21-11-13-25-22(15-21)27(31)23(28(37-25)40-5)14-19-7-9-20(10-8-19)30(32,33)34/h6-13,15-16H,14H2,1-5H3. The van der Waals surface area contributed by atoms with Gasteiger partial charge in [-0.25, -0.2) is 4.98 Å². The van der Waals surface area contributed by atoms with E-state index in [9.17, 15) is 13.2 Å². The Morgan fingerprint density at radius 1 is 0.950 bits per heavy atom. The molecule has 0 bridgehead atoms. The van der Waals surface area contributed by atoms with Crippen molar-refractivity contribution in [1.82, 2.24) is 25.0 Å². The minimum atomic E-state index is -4.41. The summed E-state index contributed by atoms with van der Waals surface area (Å²) >= 11 is 7.01. The molecule has 1 atom stereocenters. The number of methoxy groups -OCH3 is 1. The fourth-order valence-corrected chi connectivity index (χ4v) is 5.59. The van der Waals surface area contributed by atoms with Crippen LogP contribution in [-0.4, -0.2) is 32.1 Å². The van der Waals surface area contributed by atoms with Gasteiger partial charge in [0, 0.05) is 35.8 Å². The number of hydrogen-bond acceptors (Lipinski definition) is 5. The van der Waals surface area contributed by atoms with Crippen LogP contribution < -0.4 is 4.74 Å². The Morgan fingerprint density at radius 2 is 1.65 bits per heavy atom. The van der Waals surface area contributed by atoms with Crippen LogP contribution in [0.15, 0.2) is 60.8 Å². The summed E-state index contributed by atoms with van der Waals surface area (Å²) in [6.07, 6.45) is -2.42. The molecule has 0 saturated heterocycles. The summed E-state index contributed by atoms with van der Waals surface area (Å²) in [6.45, 7) is 6.03. The van der Waals surface area contributed by atoms with Crippen molar-refractivity contribution < 1.29 is 17.9 Å². The van der Waals surface area contributed by atoms with E-state index in [0.717, 1.165) is 40.3 Å². The summed E-state index contributed by atoms with van der Waals surface area (Å²) in [5.41, 5.74) is 5.05. The van der Waals surface area contributed by atoms with Crippen molar-refractivity contribution in [2.75, 3.05) is 7.11 Å². The average molecular weight is 566 g/mol. The Balaban J connectivity index is 1.68. The molecule has 3 heterocycles. The second kappa shape index (κ2) is 10.2. The summed E-state index contributed by atoms with van der Waals surface area (Å²) in [5, 5.41) is 9.44. The number of nitrogens with zero attached hydrogens (tertiary/aromatic N) is 5. The van der Waals surface area contributed by atoms with E-state index in [1.165, 1.54) is 19.2 Å². The molecule has 3 aromatic heterocycles. The molecular weight excluding hydrogens is 539 g/mol. The Kier molecular flexibility index (Phi) is 7.04. The summed E-state index contributed by atoms with van der Waals surface area (Å²) < 4.78 is 46.5. The fourth-order valence-electron chi connectivity index (χ4n) is 5.29. The van der Waals surface area contributed by atoms with Crippen molar-refractivity contribution in [2.45, 2.75) is 38.8 Å². The van der Waals surface area contributed by atoms with Gasteiger partial charge in [-0.05, 0) is 67.8 Å². The molecule has 0 fully saturated rings. The van der Waals surface area contributed by atoms with Gasteiger partial charge in [-0.1, -0.05) is 41.1 Å². The van der Waals surface area contributed by atoms with Gasteiger partial charge in [-0.2, -0.15) is 13.2 Å². The molecule has 2 aromatic carbocycles. The third kappa shape index (κ3) is 4.79. The maximum Gasteiger partial charge on any atom is 0.416 e. The van der Waals surface area contributed by atoms with Gasteiger partial charge in [0.2, 0.25) is 5.88 Å². The highest BCUT2D eigenvalue weighted by molar-refractivity contribution is 6.36. The highest BCUT2D eigenvalue weighted by atomic mass is 35.5. The topological polar surface area (TPSA) is 65.7 Å². The first-order chi connectivity index (χ1) is 18.9. The largest absolute Gasteiger partial charge is 0.481 e. The molecule has 0 amide bonds. The first kappa shape index (κ1) is 27.6. The van der Waals surface area contributed by atoms with Crippen LogP contribution in [0.3, 0.4) is 0 Å². The number of alkyl halides is 3. The van der Waals surface area contributed by atoms with Crippen molar-refractivity contribution >= 4 is 22.5 Å². The summed E-state index contributed by atoms with van der Waals surface area (Å²) in [5.74, 6) is 0.322. The van der Waals surface area contributed by atoms with Crippen molar-refractivity contribution in [1.29, 1.82) is 0 Å². The van der Waals surface area contributed by atoms with Gasteiger partial charge in [0.05, 0.1) is 40.5 Å². The number of aryl methyl sites for hydroxylation is 3. The number of halogens is 4. The second-order valence-corrected chi connectivity index (χ2v) is 10.3. The van der Waals surface area contributed by atoms with E-state index in [0.29, 0.717) is 32.9 Å². The van der Waals surface area contributed by atoms with E-state index in [1.54, 1.807) is 10.9 Å². The van der Waals surface area contributed by atoms with E-state index >= 15 is 0 Å². The van der Waals surface area contributed by atoms with Crippen LogP contribution in [0.4, 0.5) is 13.2 Å². The van der Waals surface area contributed by atoms with Crippen LogP contribution in [0.25, 0.3) is 10.9 Å². The van der Waals surface area contributed by atoms with Gasteiger partial charge in [-0.3, -0.25) is 9.67 Å². The lowest BCUT2D eigenvalue weighted by Gasteiger charge is -2.32. The Bertz CT molecular complexity index is 1720. The van der Waals surface area contributed by atoms with Crippen molar-refractivity contribution in [3.05, 3.63) is 111 Å². The Hall–Kier alpha value is -3.98. The molecule has 0 N–H and O–H groups in total. The molecule has 5 aromatic rings. The minimum absolute atomic E-state index is 0.247. The molecule has 0 spiro atoms. The zero-order valence-electron chi connectivity index (χ0n) is 22.6. The van der Waals surface area contributed by atoms with E-state index in [1.807, 2.05) is 45.2 Å². The number of benzene rings is 2. The number of hydrogen-bond donors (Lipinski definition) is 0. The van der Waals surface area contributed by atoms with E-state index in [-0.39, 0.29) is 6.42 Å². The van der Waals surface area contributed by atoms with Gasteiger partial charge in [0.25, 0.3) is 0 Å². The number of aromatic nitrogens is 5. The minimum Gasteiger partial charge on any atom is -0.481 e. The molecule has 0 aliphatic rings. The summed E-state index contributed by atoms with van der Waals surface area (Å²) in [4.78, 5) is 9.40. The first-order valence-corrected chi connectivity index (χ1v) is 12.9. The van der Waals surface area contributed by atoms with Crippen LogP contribution in [-0.2, 0) is 25.1 Å². The van der Waals surface area contributed by atoms with Gasteiger partial charge in [0.1, 0.15) is 0 Å². The predicted octanol–water partition coefficient (Wildman–Crippen LogP) is 7.00. The number of rotatable bonds is 6. The normalized spacial score (nSPS) is 13.4. The smallest absolute Gasteiger partial charge is 0.416 e. The predicted molar refractivity (Wildman–Crippen MR) is 148 cm³/mol. The van der Waals surface area contributed by atoms with Gasteiger partial charge in [-0.15, -0.1) is 5.10 Å². The Morgan fingerprint density at radius 3 is 2.25 bits per heavy atom. The molecule has 10 heteroatoms. The van der Waals surface area contributed by atoms with Crippen LogP contribution in [0.2, 0.25) is 5.02 Å². The number of pyridine rings is 2. The lowest BCUT2D eigenvalue weighted by atomic mass is 9.72. The number of fused-ring (bicyclic) bond motifs is 1.